The molecule has 4 aromatic carbocycles. The van der Waals surface area contributed by atoms with Crippen molar-refractivity contribution in [3.63, 3.8) is 0 Å². The molecule has 2 aliphatic rings. The van der Waals surface area contributed by atoms with Crippen LogP contribution in [0.2, 0.25) is 0 Å². The van der Waals surface area contributed by atoms with E-state index in [0.717, 1.165) is 33.4 Å². The van der Waals surface area contributed by atoms with Gasteiger partial charge in [0, 0.05) is 28.8 Å². The molecule has 4 aromatic rings. The summed E-state index contributed by atoms with van der Waals surface area (Å²) in [5.41, 5.74) is 5.42. The van der Waals surface area contributed by atoms with E-state index >= 15 is 0 Å². The van der Waals surface area contributed by atoms with E-state index < -0.39 is 11.2 Å². The number of nitrogens with zero attached hydrogens (tertiary/aromatic N) is 1. The molecule has 0 radical (unpaired) electrons. The standard InChI is InChI=1S/C33H31NO2/c1-22(2)34(23(3)4)31(35)26-18-13-21-29-30(26)33(25-16-9-6-10-17-25)28-20-12-11-19-27(28)32(29,36-33)24-14-7-5-8-15-24/h5-23H,1-4H3. The van der Waals surface area contributed by atoms with Crippen molar-refractivity contribution < 1.29 is 9.53 Å². The Bertz CT molecular complexity index is 1440. The predicted molar refractivity (Wildman–Crippen MR) is 143 cm³/mol. The summed E-state index contributed by atoms with van der Waals surface area (Å²) in [5, 5.41) is 0. The third-order valence-corrected chi connectivity index (χ3v) is 7.73. The number of rotatable bonds is 5. The van der Waals surface area contributed by atoms with Crippen molar-refractivity contribution >= 4 is 5.91 Å². The summed E-state index contributed by atoms with van der Waals surface area (Å²) in [4.78, 5) is 16.2. The van der Waals surface area contributed by atoms with E-state index in [9.17, 15) is 4.79 Å². The van der Waals surface area contributed by atoms with Crippen molar-refractivity contribution in [1.82, 2.24) is 4.90 Å². The van der Waals surface area contributed by atoms with Crippen molar-refractivity contribution in [3.05, 3.63) is 142 Å². The fourth-order valence-corrected chi connectivity index (χ4v) is 6.50. The smallest absolute Gasteiger partial charge is 0.254 e. The Labute approximate surface area is 213 Å². The molecule has 3 nitrogen and oxygen atoms in total. The van der Waals surface area contributed by atoms with Crippen LogP contribution >= 0.6 is 0 Å². The van der Waals surface area contributed by atoms with Crippen molar-refractivity contribution in [3.8, 4) is 0 Å². The van der Waals surface area contributed by atoms with Crippen LogP contribution in [-0.2, 0) is 15.9 Å². The number of fused-ring (bicyclic) bond motifs is 8. The van der Waals surface area contributed by atoms with Crippen molar-refractivity contribution in [2.75, 3.05) is 0 Å². The Hall–Kier alpha value is -3.69. The van der Waals surface area contributed by atoms with Gasteiger partial charge in [-0.25, -0.2) is 0 Å². The second-order valence-electron chi connectivity index (χ2n) is 10.4. The summed E-state index contributed by atoms with van der Waals surface area (Å²) >= 11 is 0. The lowest BCUT2D eigenvalue weighted by Crippen LogP contribution is -2.43. The minimum absolute atomic E-state index is 0.0454. The van der Waals surface area contributed by atoms with Gasteiger partial charge in [-0.05, 0) is 56.0 Å². The minimum Gasteiger partial charge on any atom is -0.340 e. The van der Waals surface area contributed by atoms with Crippen LogP contribution in [-0.4, -0.2) is 22.9 Å². The van der Waals surface area contributed by atoms with Crippen LogP contribution in [0.3, 0.4) is 0 Å². The van der Waals surface area contributed by atoms with Crippen LogP contribution in [0.5, 0.6) is 0 Å². The zero-order valence-corrected chi connectivity index (χ0v) is 21.2. The molecule has 0 saturated heterocycles. The zero-order valence-electron chi connectivity index (χ0n) is 21.2. The highest BCUT2D eigenvalue weighted by Crippen LogP contribution is 2.66. The molecular formula is C33H31NO2. The third-order valence-electron chi connectivity index (χ3n) is 7.73. The van der Waals surface area contributed by atoms with E-state index in [-0.39, 0.29) is 18.0 Å². The molecular weight excluding hydrogens is 442 g/mol. The Kier molecular flexibility index (Phi) is 5.17. The molecule has 0 N–H and O–H groups in total. The largest absolute Gasteiger partial charge is 0.340 e. The Balaban J connectivity index is 1.73. The number of amides is 1. The van der Waals surface area contributed by atoms with Gasteiger partial charge in [0.15, 0.2) is 0 Å². The van der Waals surface area contributed by atoms with E-state index in [4.69, 9.17) is 4.74 Å². The molecule has 1 amide bonds. The van der Waals surface area contributed by atoms with E-state index in [1.54, 1.807) is 0 Å². The molecule has 2 unspecified atom stereocenters. The first kappa shape index (κ1) is 22.8. The highest BCUT2D eigenvalue weighted by Gasteiger charge is 2.65. The second-order valence-corrected chi connectivity index (χ2v) is 10.4. The van der Waals surface area contributed by atoms with Crippen LogP contribution in [0, 0.1) is 0 Å². The SMILES string of the molecule is CC(C)N(C(=O)c1cccc2c1C1(c3ccccc3)OC2(c2ccccc2)c2ccccc21)C(C)C. The summed E-state index contributed by atoms with van der Waals surface area (Å²) in [5.74, 6) is 0.0454. The van der Waals surface area contributed by atoms with Gasteiger partial charge < -0.3 is 9.64 Å². The highest BCUT2D eigenvalue weighted by molar-refractivity contribution is 5.98. The Morgan fingerprint density at radius 2 is 1.08 bits per heavy atom. The van der Waals surface area contributed by atoms with Gasteiger partial charge in [0.05, 0.1) is 0 Å². The van der Waals surface area contributed by atoms with Crippen LogP contribution in [0.15, 0.2) is 103 Å². The van der Waals surface area contributed by atoms with Gasteiger partial charge in [-0.15, -0.1) is 0 Å². The van der Waals surface area contributed by atoms with E-state index in [0.29, 0.717) is 5.56 Å². The van der Waals surface area contributed by atoms with E-state index in [1.165, 1.54) is 0 Å². The maximum atomic E-state index is 14.3. The summed E-state index contributed by atoms with van der Waals surface area (Å²) in [6.45, 7) is 8.32. The number of carbonyl (C=O) groups excluding carboxylic acids is 1. The van der Waals surface area contributed by atoms with Crippen LogP contribution in [0.25, 0.3) is 0 Å². The van der Waals surface area contributed by atoms with Gasteiger partial charge in [-0.1, -0.05) is 97.1 Å². The van der Waals surface area contributed by atoms with Crippen LogP contribution < -0.4 is 0 Å². The summed E-state index contributed by atoms with van der Waals surface area (Å²) in [7, 11) is 0. The van der Waals surface area contributed by atoms with Crippen molar-refractivity contribution in [1.29, 1.82) is 0 Å². The molecule has 2 atom stereocenters. The Morgan fingerprint density at radius 1 is 0.611 bits per heavy atom. The molecule has 0 aromatic heterocycles. The topological polar surface area (TPSA) is 29.5 Å². The fraction of sp³-hybridized carbons (Fsp3) is 0.242. The molecule has 2 aliphatic heterocycles. The van der Waals surface area contributed by atoms with E-state index in [1.807, 2.05) is 29.2 Å². The first-order chi connectivity index (χ1) is 17.4. The number of carbonyl (C=O) groups is 1. The zero-order chi connectivity index (χ0) is 25.1. The number of hydrogen-bond donors (Lipinski definition) is 0. The van der Waals surface area contributed by atoms with Crippen molar-refractivity contribution in [2.45, 2.75) is 51.0 Å². The lowest BCUT2D eigenvalue weighted by atomic mass is 9.67. The first-order valence-electron chi connectivity index (χ1n) is 12.8. The minimum atomic E-state index is -0.880. The molecule has 2 heterocycles. The van der Waals surface area contributed by atoms with Gasteiger partial charge in [0.2, 0.25) is 0 Å². The lowest BCUT2D eigenvalue weighted by Gasteiger charge is -2.35. The quantitative estimate of drug-likeness (QED) is 0.316. The Morgan fingerprint density at radius 3 is 1.64 bits per heavy atom. The van der Waals surface area contributed by atoms with E-state index in [2.05, 4.69) is 107 Å². The van der Waals surface area contributed by atoms with Gasteiger partial charge in [-0.2, -0.15) is 0 Å². The summed E-state index contributed by atoms with van der Waals surface area (Å²) in [6, 6.07) is 35.6. The van der Waals surface area contributed by atoms with Crippen LogP contribution in [0.1, 0.15) is 71.4 Å². The predicted octanol–water partition coefficient (Wildman–Crippen LogP) is 6.87. The van der Waals surface area contributed by atoms with Crippen molar-refractivity contribution in [2.24, 2.45) is 0 Å². The number of hydrogen-bond acceptors (Lipinski definition) is 2. The van der Waals surface area contributed by atoms with Gasteiger partial charge in [0.1, 0.15) is 11.2 Å². The molecule has 180 valence electrons. The summed E-state index contributed by atoms with van der Waals surface area (Å²) in [6.07, 6.45) is 0. The maximum absolute atomic E-state index is 14.3. The molecule has 2 bridgehead atoms. The monoisotopic (exact) mass is 473 g/mol. The maximum Gasteiger partial charge on any atom is 0.254 e. The molecule has 0 aliphatic carbocycles. The lowest BCUT2D eigenvalue weighted by molar-refractivity contribution is -0.0261. The molecule has 3 heteroatoms. The molecule has 0 saturated carbocycles. The molecule has 36 heavy (non-hydrogen) atoms. The number of benzene rings is 4. The molecule has 0 fully saturated rings. The van der Waals surface area contributed by atoms with Gasteiger partial charge in [0.25, 0.3) is 5.91 Å². The normalized spacial score (nSPS) is 21.5. The summed E-state index contributed by atoms with van der Waals surface area (Å²) < 4.78 is 7.38. The fourth-order valence-electron chi connectivity index (χ4n) is 6.50. The van der Waals surface area contributed by atoms with Crippen LogP contribution in [0.4, 0.5) is 0 Å². The highest BCUT2D eigenvalue weighted by atomic mass is 16.5. The average Bonchev–Trinajstić information content (AvgIpc) is 3.39. The third kappa shape index (κ3) is 2.87. The first-order valence-corrected chi connectivity index (χ1v) is 12.8. The van der Waals surface area contributed by atoms with Gasteiger partial charge >= 0.3 is 0 Å². The van der Waals surface area contributed by atoms with Gasteiger partial charge in [-0.3, -0.25) is 4.79 Å². The second kappa shape index (κ2) is 8.18. The average molecular weight is 474 g/mol. The molecule has 0 spiro atoms. The number of ether oxygens (including phenoxy) is 1. The molecule has 6 rings (SSSR count).